The van der Waals surface area contributed by atoms with Gasteiger partial charge in [-0.2, -0.15) is 0 Å². The fraction of sp³-hybridized carbons (Fsp3) is 0.391. The van der Waals surface area contributed by atoms with Crippen molar-refractivity contribution in [2.75, 3.05) is 18.5 Å². The third-order valence-electron chi connectivity index (χ3n) is 5.91. The lowest BCUT2D eigenvalue weighted by Crippen LogP contribution is -2.41. The van der Waals surface area contributed by atoms with Crippen LogP contribution in [-0.2, 0) is 21.4 Å². The molecule has 2 aliphatic rings. The topological polar surface area (TPSA) is 49.4 Å². The summed E-state index contributed by atoms with van der Waals surface area (Å²) in [4.78, 5) is 27.5. The van der Waals surface area contributed by atoms with Crippen LogP contribution in [0.4, 0.5) is 5.69 Å². The molecule has 0 spiro atoms. The number of hydrogen-bond acceptors (Lipinski definition) is 2. The SMILES string of the molecule is CN1C(=O)C(CCC(=O)NCC2CC2)(Cc2ccccc2)c2ccccc21. The summed E-state index contributed by atoms with van der Waals surface area (Å²) in [6, 6.07) is 18.1. The van der Waals surface area contributed by atoms with Crippen molar-refractivity contribution >= 4 is 17.5 Å². The van der Waals surface area contributed by atoms with E-state index < -0.39 is 5.41 Å². The van der Waals surface area contributed by atoms with Gasteiger partial charge < -0.3 is 10.2 Å². The van der Waals surface area contributed by atoms with Gasteiger partial charge in [0.25, 0.3) is 0 Å². The van der Waals surface area contributed by atoms with Crippen LogP contribution >= 0.6 is 0 Å². The Kier molecular flexibility index (Phi) is 4.73. The van der Waals surface area contributed by atoms with Crippen LogP contribution in [0.15, 0.2) is 54.6 Å². The normalized spacial score (nSPS) is 21.2. The Morgan fingerprint density at radius 3 is 2.56 bits per heavy atom. The summed E-state index contributed by atoms with van der Waals surface area (Å²) in [5.74, 6) is 0.795. The van der Waals surface area contributed by atoms with E-state index in [1.54, 1.807) is 4.90 Å². The fourth-order valence-electron chi connectivity index (χ4n) is 4.16. The third-order valence-corrected chi connectivity index (χ3v) is 5.91. The number of carbonyl (C=O) groups is 2. The second kappa shape index (κ2) is 7.18. The molecule has 1 N–H and O–H groups in total. The van der Waals surface area contributed by atoms with Crippen molar-refractivity contribution in [2.45, 2.75) is 37.5 Å². The van der Waals surface area contributed by atoms with Crippen LogP contribution in [0.2, 0.25) is 0 Å². The number of nitrogens with zero attached hydrogens (tertiary/aromatic N) is 1. The van der Waals surface area contributed by atoms with E-state index in [0.29, 0.717) is 25.2 Å². The van der Waals surface area contributed by atoms with Crippen molar-refractivity contribution < 1.29 is 9.59 Å². The number of nitrogens with one attached hydrogen (secondary N) is 1. The van der Waals surface area contributed by atoms with Crippen molar-refractivity contribution in [2.24, 2.45) is 5.92 Å². The van der Waals surface area contributed by atoms with Crippen molar-refractivity contribution in [1.82, 2.24) is 5.32 Å². The molecule has 1 heterocycles. The molecule has 4 rings (SSSR count). The first-order valence-electron chi connectivity index (χ1n) is 9.78. The standard InChI is InChI=1S/C23H26N2O2/c1-25-20-10-6-5-9-19(20)23(22(25)27,15-17-7-3-2-4-8-17)14-13-21(26)24-16-18-11-12-18/h2-10,18H,11-16H2,1H3,(H,24,26). The number of fused-ring (bicyclic) bond motifs is 1. The predicted molar refractivity (Wildman–Crippen MR) is 107 cm³/mol. The van der Waals surface area contributed by atoms with Gasteiger partial charge in [-0.15, -0.1) is 0 Å². The molecule has 1 aliphatic carbocycles. The quantitative estimate of drug-likeness (QED) is 0.820. The molecule has 1 aliphatic heterocycles. The minimum absolute atomic E-state index is 0.0502. The summed E-state index contributed by atoms with van der Waals surface area (Å²) >= 11 is 0. The van der Waals surface area contributed by atoms with Gasteiger partial charge >= 0.3 is 0 Å². The van der Waals surface area contributed by atoms with E-state index in [1.807, 2.05) is 49.5 Å². The number of para-hydroxylation sites is 1. The fourth-order valence-corrected chi connectivity index (χ4v) is 4.16. The molecule has 2 aromatic rings. The molecular formula is C23H26N2O2. The number of carbonyl (C=O) groups excluding carboxylic acids is 2. The van der Waals surface area contributed by atoms with Crippen LogP contribution in [-0.4, -0.2) is 25.4 Å². The monoisotopic (exact) mass is 362 g/mol. The zero-order valence-electron chi connectivity index (χ0n) is 15.8. The van der Waals surface area contributed by atoms with Gasteiger partial charge in [0, 0.05) is 25.7 Å². The summed E-state index contributed by atoms with van der Waals surface area (Å²) in [6.45, 7) is 0.773. The highest BCUT2D eigenvalue weighted by molar-refractivity contribution is 6.08. The maximum Gasteiger partial charge on any atom is 0.237 e. The molecule has 1 atom stereocenters. The Morgan fingerprint density at radius 1 is 1.11 bits per heavy atom. The number of hydrogen-bond donors (Lipinski definition) is 1. The summed E-state index contributed by atoms with van der Waals surface area (Å²) < 4.78 is 0. The maximum atomic E-state index is 13.4. The molecule has 0 aromatic heterocycles. The molecule has 1 unspecified atom stereocenters. The Morgan fingerprint density at radius 2 is 1.81 bits per heavy atom. The van der Waals surface area contributed by atoms with E-state index in [-0.39, 0.29) is 11.8 Å². The van der Waals surface area contributed by atoms with Crippen LogP contribution in [0, 0.1) is 5.92 Å². The summed E-state index contributed by atoms with van der Waals surface area (Å²) in [5.41, 5.74) is 2.44. The zero-order valence-corrected chi connectivity index (χ0v) is 15.8. The molecule has 0 saturated heterocycles. The molecular weight excluding hydrogens is 336 g/mol. The van der Waals surface area contributed by atoms with E-state index in [4.69, 9.17) is 0 Å². The third kappa shape index (κ3) is 3.48. The van der Waals surface area contributed by atoms with Gasteiger partial charge in [0.15, 0.2) is 0 Å². The molecule has 1 saturated carbocycles. The molecule has 140 valence electrons. The average molecular weight is 362 g/mol. The number of anilines is 1. The van der Waals surface area contributed by atoms with Gasteiger partial charge in [0.2, 0.25) is 11.8 Å². The predicted octanol–water partition coefficient (Wildman–Crippen LogP) is 3.45. The summed E-state index contributed by atoms with van der Waals surface area (Å²) in [6.07, 6.45) is 3.94. The van der Waals surface area contributed by atoms with Crippen LogP contribution in [0.1, 0.15) is 36.8 Å². The first kappa shape index (κ1) is 17.8. The Labute approximate surface area is 160 Å². The Hall–Kier alpha value is -2.62. The summed E-state index contributed by atoms with van der Waals surface area (Å²) in [5, 5.41) is 3.04. The van der Waals surface area contributed by atoms with E-state index in [0.717, 1.165) is 23.4 Å². The molecule has 1 fully saturated rings. The van der Waals surface area contributed by atoms with Gasteiger partial charge in [0.05, 0.1) is 5.41 Å². The van der Waals surface area contributed by atoms with E-state index >= 15 is 0 Å². The van der Waals surface area contributed by atoms with Crippen LogP contribution in [0.25, 0.3) is 0 Å². The maximum absolute atomic E-state index is 13.4. The van der Waals surface area contributed by atoms with E-state index in [1.165, 1.54) is 12.8 Å². The van der Waals surface area contributed by atoms with Crippen LogP contribution in [0.3, 0.4) is 0 Å². The molecule has 4 heteroatoms. The van der Waals surface area contributed by atoms with Crippen LogP contribution < -0.4 is 10.2 Å². The van der Waals surface area contributed by atoms with Gasteiger partial charge in [-0.25, -0.2) is 0 Å². The van der Waals surface area contributed by atoms with Crippen molar-refractivity contribution in [3.05, 3.63) is 65.7 Å². The lowest BCUT2D eigenvalue weighted by Gasteiger charge is -2.28. The Bertz CT molecular complexity index is 844. The molecule has 2 amide bonds. The molecule has 27 heavy (non-hydrogen) atoms. The van der Waals surface area contributed by atoms with E-state index in [2.05, 4.69) is 17.4 Å². The number of amides is 2. The highest BCUT2D eigenvalue weighted by atomic mass is 16.2. The lowest BCUT2D eigenvalue weighted by molar-refractivity contribution is -0.124. The van der Waals surface area contributed by atoms with Gasteiger partial charge in [-0.05, 0) is 48.8 Å². The smallest absolute Gasteiger partial charge is 0.237 e. The Balaban J connectivity index is 1.61. The average Bonchev–Trinajstić information content (AvgIpc) is 3.51. The summed E-state index contributed by atoms with van der Waals surface area (Å²) in [7, 11) is 1.83. The molecule has 2 aromatic carbocycles. The zero-order chi connectivity index (χ0) is 18.9. The minimum Gasteiger partial charge on any atom is -0.356 e. The first-order valence-corrected chi connectivity index (χ1v) is 9.78. The lowest BCUT2D eigenvalue weighted by atomic mass is 9.73. The number of benzene rings is 2. The van der Waals surface area contributed by atoms with Gasteiger partial charge in [0.1, 0.15) is 0 Å². The first-order chi connectivity index (χ1) is 13.1. The largest absolute Gasteiger partial charge is 0.356 e. The van der Waals surface area contributed by atoms with Crippen molar-refractivity contribution in [3.8, 4) is 0 Å². The second-order valence-corrected chi connectivity index (χ2v) is 7.87. The molecule has 0 radical (unpaired) electrons. The van der Waals surface area contributed by atoms with Gasteiger partial charge in [-0.3, -0.25) is 9.59 Å². The van der Waals surface area contributed by atoms with Crippen molar-refractivity contribution in [1.29, 1.82) is 0 Å². The minimum atomic E-state index is -0.677. The number of likely N-dealkylation sites (N-methyl/N-ethyl adjacent to an activating group) is 1. The van der Waals surface area contributed by atoms with E-state index in [9.17, 15) is 9.59 Å². The molecule has 4 nitrogen and oxygen atoms in total. The number of rotatable bonds is 7. The highest BCUT2D eigenvalue weighted by Crippen LogP contribution is 2.46. The highest BCUT2D eigenvalue weighted by Gasteiger charge is 2.49. The second-order valence-electron chi connectivity index (χ2n) is 7.87. The van der Waals surface area contributed by atoms with Crippen molar-refractivity contribution in [3.63, 3.8) is 0 Å². The molecule has 0 bridgehead atoms. The van der Waals surface area contributed by atoms with Crippen LogP contribution in [0.5, 0.6) is 0 Å². The van der Waals surface area contributed by atoms with Gasteiger partial charge in [-0.1, -0.05) is 48.5 Å².